The molecule has 4 aliphatic rings. The van der Waals surface area contributed by atoms with Crippen LogP contribution in [0.5, 0.6) is 5.88 Å². The van der Waals surface area contributed by atoms with Gasteiger partial charge in [0.05, 0.1) is 38.3 Å². The summed E-state index contributed by atoms with van der Waals surface area (Å²) >= 11 is 0. The topological polar surface area (TPSA) is 144 Å². The summed E-state index contributed by atoms with van der Waals surface area (Å²) in [6.45, 7) is 6.69. The standard InChI is InChI=1S/C35H34F2N6O7/c1-19-35(17-47-18-35)48-10-9-42(19)25-11-21(7-8-22-14-41(15-22)20(2)44)13-38-33(25)49-23-12-26(34(45)46)43(16-23)32-29-28(39-31(40-32)30(36)37)24-5-3-4-6-27(24)50-29/h3-6,11,13,19,22-23,26,30H,9-10,12,14-18H2,1-2H3,(H,45,46)/t19-,23-,26-/m0/s1. The van der Waals surface area contributed by atoms with E-state index in [4.69, 9.17) is 18.6 Å². The first kappa shape index (κ1) is 32.2. The number of carboxylic acids is 1. The van der Waals surface area contributed by atoms with Gasteiger partial charge >= 0.3 is 5.97 Å². The monoisotopic (exact) mass is 688 g/mol. The maximum Gasteiger partial charge on any atom is 0.326 e. The number of para-hydroxylation sites is 1. The summed E-state index contributed by atoms with van der Waals surface area (Å²) in [4.78, 5) is 42.4. The molecular formula is C35H34F2N6O7. The third kappa shape index (κ3) is 5.52. The molecule has 50 heavy (non-hydrogen) atoms. The molecule has 4 saturated heterocycles. The Hall–Kier alpha value is -5.07. The van der Waals surface area contributed by atoms with Gasteiger partial charge in [0.25, 0.3) is 6.43 Å². The number of anilines is 2. The maximum atomic E-state index is 14.1. The fourth-order valence-corrected chi connectivity index (χ4v) is 7.11. The Morgan fingerprint density at radius 2 is 1.94 bits per heavy atom. The number of amides is 1. The van der Waals surface area contributed by atoms with Crippen molar-refractivity contribution in [1.29, 1.82) is 0 Å². The van der Waals surface area contributed by atoms with Gasteiger partial charge in [-0.15, -0.1) is 0 Å². The molecule has 8 rings (SSSR count). The minimum atomic E-state index is -2.99. The molecule has 7 heterocycles. The van der Waals surface area contributed by atoms with Crippen molar-refractivity contribution in [1.82, 2.24) is 19.9 Å². The molecule has 3 aromatic heterocycles. The minimum Gasteiger partial charge on any atom is -0.480 e. The number of alkyl halides is 2. The quantitative estimate of drug-likeness (QED) is 0.296. The molecule has 0 unspecified atom stereocenters. The molecule has 1 aromatic carbocycles. The van der Waals surface area contributed by atoms with Crippen LogP contribution >= 0.6 is 0 Å². The zero-order valence-electron chi connectivity index (χ0n) is 27.3. The molecule has 1 N–H and O–H groups in total. The molecule has 3 atom stereocenters. The van der Waals surface area contributed by atoms with E-state index < -0.39 is 36.0 Å². The molecule has 0 bridgehead atoms. The van der Waals surface area contributed by atoms with Gasteiger partial charge < -0.3 is 38.4 Å². The third-order valence-electron chi connectivity index (χ3n) is 10.0. The van der Waals surface area contributed by atoms with Crippen molar-refractivity contribution >= 4 is 45.5 Å². The van der Waals surface area contributed by atoms with Gasteiger partial charge in [-0.1, -0.05) is 24.0 Å². The normalized spacial score (nSPS) is 23.2. The average Bonchev–Trinajstić information content (AvgIpc) is 3.65. The molecule has 260 valence electrons. The second-order valence-corrected chi connectivity index (χ2v) is 13.2. The van der Waals surface area contributed by atoms with Crippen molar-refractivity contribution in [3.8, 4) is 17.7 Å². The second kappa shape index (κ2) is 12.4. The summed E-state index contributed by atoms with van der Waals surface area (Å²) in [5.74, 6) is 4.90. The van der Waals surface area contributed by atoms with E-state index in [1.807, 2.05) is 6.07 Å². The van der Waals surface area contributed by atoms with E-state index in [1.165, 1.54) is 11.8 Å². The molecule has 0 radical (unpaired) electrons. The largest absolute Gasteiger partial charge is 0.480 e. The zero-order valence-corrected chi connectivity index (χ0v) is 27.3. The number of carboxylic acid groups (broad SMARTS) is 1. The molecule has 4 aromatic rings. The lowest BCUT2D eigenvalue weighted by molar-refractivity contribution is -0.228. The van der Waals surface area contributed by atoms with Crippen LogP contribution in [0.25, 0.3) is 22.1 Å². The first-order valence-corrected chi connectivity index (χ1v) is 16.5. The number of furan rings is 1. The number of carbonyl (C=O) groups is 2. The van der Waals surface area contributed by atoms with Crippen molar-refractivity contribution in [3.05, 3.63) is 47.9 Å². The average molecular weight is 689 g/mol. The Morgan fingerprint density at radius 3 is 2.66 bits per heavy atom. The number of hydrogen-bond acceptors (Lipinski definition) is 11. The van der Waals surface area contributed by atoms with Crippen molar-refractivity contribution in [2.75, 3.05) is 55.8 Å². The number of hydrogen-bond donors (Lipinski definition) is 1. The number of halogens is 2. The number of ether oxygens (including phenoxy) is 3. The van der Waals surface area contributed by atoms with Gasteiger partial charge in [-0.3, -0.25) is 4.79 Å². The van der Waals surface area contributed by atoms with Crippen molar-refractivity contribution in [2.45, 2.75) is 50.5 Å². The number of aliphatic carboxylic acids is 1. The van der Waals surface area contributed by atoms with E-state index in [0.29, 0.717) is 61.7 Å². The van der Waals surface area contributed by atoms with E-state index in [9.17, 15) is 23.5 Å². The van der Waals surface area contributed by atoms with Gasteiger partial charge in [0.2, 0.25) is 11.8 Å². The van der Waals surface area contributed by atoms with Gasteiger partial charge in [0.1, 0.15) is 34.5 Å². The Labute approximate surface area is 285 Å². The smallest absolute Gasteiger partial charge is 0.326 e. The Morgan fingerprint density at radius 1 is 1.14 bits per heavy atom. The summed E-state index contributed by atoms with van der Waals surface area (Å²) in [5.41, 5.74) is 1.58. The highest BCUT2D eigenvalue weighted by Crippen LogP contribution is 2.41. The van der Waals surface area contributed by atoms with E-state index in [0.717, 1.165) is 0 Å². The molecule has 0 saturated carbocycles. The van der Waals surface area contributed by atoms with E-state index >= 15 is 0 Å². The first-order valence-electron chi connectivity index (χ1n) is 16.5. The summed E-state index contributed by atoms with van der Waals surface area (Å²) in [5, 5.41) is 10.8. The zero-order chi connectivity index (χ0) is 34.7. The van der Waals surface area contributed by atoms with Gasteiger partial charge in [0, 0.05) is 50.1 Å². The summed E-state index contributed by atoms with van der Waals surface area (Å²) < 4.78 is 52.3. The van der Waals surface area contributed by atoms with Crippen LogP contribution in [0, 0.1) is 17.8 Å². The molecule has 1 amide bonds. The lowest BCUT2D eigenvalue weighted by Crippen LogP contribution is -2.68. The Bertz CT molecular complexity index is 2050. The van der Waals surface area contributed by atoms with Crippen LogP contribution in [0.3, 0.4) is 0 Å². The van der Waals surface area contributed by atoms with Gasteiger partial charge in [-0.05, 0) is 25.1 Å². The van der Waals surface area contributed by atoms with Gasteiger partial charge in [-0.25, -0.2) is 28.5 Å². The van der Waals surface area contributed by atoms with Crippen LogP contribution in [0.1, 0.15) is 38.1 Å². The molecule has 4 fully saturated rings. The third-order valence-corrected chi connectivity index (χ3v) is 10.0. The van der Waals surface area contributed by atoms with Crippen LogP contribution in [0.15, 0.2) is 40.9 Å². The van der Waals surface area contributed by atoms with Crippen LogP contribution < -0.4 is 14.5 Å². The first-order chi connectivity index (χ1) is 24.1. The number of rotatable bonds is 6. The predicted octanol–water partition coefficient (Wildman–Crippen LogP) is 3.64. The molecular weight excluding hydrogens is 654 g/mol. The highest BCUT2D eigenvalue weighted by Gasteiger charge is 2.50. The number of likely N-dealkylation sites (tertiary alicyclic amines) is 1. The minimum absolute atomic E-state index is 0.0102. The van der Waals surface area contributed by atoms with Crippen LogP contribution in [0.2, 0.25) is 0 Å². The van der Waals surface area contributed by atoms with Gasteiger partial charge in [0.15, 0.2) is 17.2 Å². The summed E-state index contributed by atoms with van der Waals surface area (Å²) in [6, 6.07) is 7.54. The number of morpholine rings is 1. The molecule has 0 aliphatic carbocycles. The predicted molar refractivity (Wildman–Crippen MR) is 175 cm³/mol. The van der Waals surface area contributed by atoms with Crippen molar-refractivity contribution in [2.24, 2.45) is 5.92 Å². The highest BCUT2D eigenvalue weighted by molar-refractivity contribution is 6.06. The van der Waals surface area contributed by atoms with Crippen LogP contribution in [-0.2, 0) is 19.1 Å². The lowest BCUT2D eigenvalue weighted by Gasteiger charge is -2.53. The molecule has 4 aliphatic heterocycles. The van der Waals surface area contributed by atoms with Crippen LogP contribution in [-0.4, -0.2) is 107 Å². The number of pyridine rings is 1. The van der Waals surface area contributed by atoms with Gasteiger partial charge in [-0.2, -0.15) is 0 Å². The number of fused-ring (bicyclic) bond motifs is 3. The van der Waals surface area contributed by atoms with Crippen LogP contribution in [0.4, 0.5) is 20.3 Å². The highest BCUT2D eigenvalue weighted by atomic mass is 19.3. The maximum absolute atomic E-state index is 14.1. The Balaban J connectivity index is 1.13. The second-order valence-electron chi connectivity index (χ2n) is 13.2. The number of carbonyl (C=O) groups excluding carboxylic acids is 1. The van der Waals surface area contributed by atoms with E-state index in [-0.39, 0.29) is 53.6 Å². The fraction of sp³-hybridized carbons (Fsp3) is 0.457. The number of benzene rings is 1. The van der Waals surface area contributed by atoms with E-state index in [2.05, 4.69) is 38.6 Å². The molecule has 1 spiro atoms. The number of nitrogens with zero attached hydrogens (tertiary/aromatic N) is 6. The summed E-state index contributed by atoms with van der Waals surface area (Å²) in [7, 11) is 0. The Kier molecular flexibility index (Phi) is 7.95. The fourth-order valence-electron chi connectivity index (χ4n) is 7.11. The SMILES string of the molecule is CC(=O)N1CC(C#Cc2cnc(O[C@H]3C[C@@H](C(=O)O)N(c4nc(C(F)F)nc5c4oc4ccccc45)C3)c(N3CCOC4(COC4)[C@@H]3C)c2)C1. The lowest BCUT2D eigenvalue weighted by atomic mass is 9.90. The molecule has 15 heteroatoms. The van der Waals surface area contributed by atoms with Crippen molar-refractivity contribution < 1.29 is 42.1 Å². The number of aromatic nitrogens is 3. The van der Waals surface area contributed by atoms with E-state index in [1.54, 1.807) is 35.4 Å². The van der Waals surface area contributed by atoms with Crippen molar-refractivity contribution in [3.63, 3.8) is 0 Å². The molecule has 13 nitrogen and oxygen atoms in total. The summed E-state index contributed by atoms with van der Waals surface area (Å²) in [6.07, 6.45) is -2.05.